The first kappa shape index (κ1) is 18.1. The average Bonchev–Trinajstić information content (AvgIpc) is 3.02. The minimum atomic E-state index is 0.755. The van der Waals surface area contributed by atoms with Crippen LogP contribution in [0.4, 0.5) is 0 Å². The van der Waals surface area contributed by atoms with Crippen molar-refractivity contribution < 1.29 is 4.74 Å². The number of hydrogen-bond acceptors (Lipinski definition) is 4. The molecule has 4 heteroatoms. The number of para-hydroxylation sites is 1. The Hall–Kier alpha value is -1.68. The highest BCUT2D eigenvalue weighted by atomic mass is 32.2. The van der Waals surface area contributed by atoms with E-state index in [-0.39, 0.29) is 0 Å². The largest absolute Gasteiger partial charge is 0.478 e. The van der Waals surface area contributed by atoms with Crippen molar-refractivity contribution in [3.8, 4) is 5.88 Å². The van der Waals surface area contributed by atoms with Gasteiger partial charge in [0.2, 0.25) is 5.88 Å². The van der Waals surface area contributed by atoms with Gasteiger partial charge < -0.3 is 9.64 Å². The van der Waals surface area contributed by atoms with Gasteiger partial charge in [-0.2, -0.15) is 0 Å². The van der Waals surface area contributed by atoms with Crippen LogP contribution in [0.15, 0.2) is 41.4 Å². The van der Waals surface area contributed by atoms with Crippen molar-refractivity contribution in [1.29, 1.82) is 0 Å². The molecular formula is C21H28N2OS. The third-order valence-electron chi connectivity index (χ3n) is 4.53. The molecule has 0 fully saturated rings. The summed E-state index contributed by atoms with van der Waals surface area (Å²) >= 11 is 1.98. The lowest BCUT2D eigenvalue weighted by molar-refractivity contribution is 0.294. The van der Waals surface area contributed by atoms with Gasteiger partial charge in [0.1, 0.15) is 0 Å². The summed E-state index contributed by atoms with van der Waals surface area (Å²) in [5.74, 6) is 1.88. The van der Waals surface area contributed by atoms with E-state index >= 15 is 0 Å². The smallest absolute Gasteiger partial charge is 0.214 e. The zero-order chi connectivity index (χ0) is 17.5. The summed E-state index contributed by atoms with van der Waals surface area (Å²) in [4.78, 5) is 8.41. The van der Waals surface area contributed by atoms with Crippen LogP contribution in [0, 0.1) is 6.92 Å². The van der Waals surface area contributed by atoms with Crippen LogP contribution in [0.1, 0.15) is 44.1 Å². The molecule has 0 N–H and O–H groups in total. The molecule has 0 unspecified atom stereocenters. The summed E-state index contributed by atoms with van der Waals surface area (Å²) in [6.45, 7) is 2.88. The molecule has 1 aromatic heterocycles. The summed E-state index contributed by atoms with van der Waals surface area (Å²) in [6.07, 6.45) is 9.78. The van der Waals surface area contributed by atoms with Gasteiger partial charge in [-0.1, -0.05) is 37.5 Å². The molecule has 0 amide bonds. The Balaban J connectivity index is 1.30. The number of fused-ring (bicyclic) bond motifs is 1. The monoisotopic (exact) mass is 356 g/mol. The molecule has 3 nitrogen and oxygen atoms in total. The molecule has 2 aromatic rings. The fourth-order valence-electron chi connectivity index (χ4n) is 3.14. The van der Waals surface area contributed by atoms with Gasteiger partial charge in [-0.3, -0.25) is 0 Å². The molecule has 1 aliphatic heterocycles. The fourth-order valence-corrected chi connectivity index (χ4v) is 4.13. The van der Waals surface area contributed by atoms with Gasteiger partial charge in [-0.25, -0.2) is 4.98 Å². The van der Waals surface area contributed by atoms with Crippen molar-refractivity contribution in [2.24, 2.45) is 0 Å². The van der Waals surface area contributed by atoms with E-state index in [1.54, 1.807) is 4.91 Å². The zero-order valence-corrected chi connectivity index (χ0v) is 16.1. The van der Waals surface area contributed by atoms with E-state index in [0.29, 0.717) is 0 Å². The van der Waals surface area contributed by atoms with Crippen molar-refractivity contribution >= 4 is 22.7 Å². The van der Waals surface area contributed by atoms with E-state index in [0.717, 1.165) is 30.3 Å². The number of benzene rings is 1. The number of aromatic nitrogens is 1. The van der Waals surface area contributed by atoms with Crippen molar-refractivity contribution in [2.75, 3.05) is 19.5 Å². The molecule has 2 heterocycles. The van der Waals surface area contributed by atoms with E-state index in [1.165, 1.54) is 43.1 Å². The molecule has 0 saturated carbocycles. The number of rotatable bonds is 9. The van der Waals surface area contributed by atoms with Crippen LogP contribution in [0.2, 0.25) is 0 Å². The van der Waals surface area contributed by atoms with E-state index in [1.807, 2.05) is 30.0 Å². The number of aryl methyl sites for hydroxylation is 1. The highest BCUT2D eigenvalue weighted by Gasteiger charge is 2.08. The summed E-state index contributed by atoms with van der Waals surface area (Å²) < 4.78 is 5.87. The minimum Gasteiger partial charge on any atom is -0.478 e. The molecule has 0 bridgehead atoms. The number of allylic oxidation sites excluding steroid dienone is 1. The Morgan fingerprint density at radius 3 is 2.76 bits per heavy atom. The van der Waals surface area contributed by atoms with Crippen molar-refractivity contribution in [3.63, 3.8) is 0 Å². The molecule has 1 aliphatic rings. The van der Waals surface area contributed by atoms with E-state index in [9.17, 15) is 0 Å². The number of unbranched alkanes of at least 4 members (excludes halogenated alkanes) is 4. The maximum atomic E-state index is 5.87. The lowest BCUT2D eigenvalue weighted by Gasteiger charge is -2.08. The molecule has 1 aromatic carbocycles. The zero-order valence-electron chi connectivity index (χ0n) is 15.3. The lowest BCUT2D eigenvalue weighted by Crippen LogP contribution is -2.02. The van der Waals surface area contributed by atoms with Crippen LogP contribution in [0.25, 0.3) is 10.9 Å². The molecule has 3 rings (SSSR count). The Bertz CT molecular complexity index is 729. The van der Waals surface area contributed by atoms with Gasteiger partial charge in [0, 0.05) is 29.6 Å². The average molecular weight is 357 g/mol. The topological polar surface area (TPSA) is 25.4 Å². The second kappa shape index (κ2) is 9.14. The van der Waals surface area contributed by atoms with E-state index in [2.05, 4.69) is 42.2 Å². The molecule has 0 radical (unpaired) electrons. The number of thioether (sulfide) groups is 1. The molecule has 0 atom stereocenters. The highest BCUT2D eigenvalue weighted by molar-refractivity contribution is 8.03. The second-order valence-electron chi connectivity index (χ2n) is 6.79. The van der Waals surface area contributed by atoms with Gasteiger partial charge in [0.05, 0.1) is 18.0 Å². The number of ether oxygens (including phenoxy) is 1. The van der Waals surface area contributed by atoms with E-state index in [4.69, 9.17) is 4.74 Å². The maximum Gasteiger partial charge on any atom is 0.214 e. The predicted molar refractivity (Wildman–Crippen MR) is 108 cm³/mol. The van der Waals surface area contributed by atoms with Crippen molar-refractivity contribution in [3.05, 3.63) is 47.0 Å². The molecular weight excluding hydrogens is 328 g/mol. The number of hydrogen-bond donors (Lipinski definition) is 0. The molecule has 25 heavy (non-hydrogen) atoms. The van der Waals surface area contributed by atoms with Crippen LogP contribution in [-0.2, 0) is 0 Å². The molecule has 0 aliphatic carbocycles. The Morgan fingerprint density at radius 2 is 1.92 bits per heavy atom. The third-order valence-corrected chi connectivity index (χ3v) is 5.75. The normalized spacial score (nSPS) is 14.2. The molecule has 0 saturated heterocycles. The first-order valence-electron chi connectivity index (χ1n) is 9.25. The van der Waals surface area contributed by atoms with Crippen LogP contribution < -0.4 is 4.74 Å². The fraction of sp³-hybridized carbons (Fsp3) is 0.476. The van der Waals surface area contributed by atoms with Crippen molar-refractivity contribution in [1.82, 2.24) is 9.88 Å². The van der Waals surface area contributed by atoms with Crippen LogP contribution >= 0.6 is 11.8 Å². The van der Waals surface area contributed by atoms with Gasteiger partial charge in [0.15, 0.2) is 0 Å². The Kier molecular flexibility index (Phi) is 6.62. The molecule has 0 spiro atoms. The minimum absolute atomic E-state index is 0.755. The first-order chi connectivity index (χ1) is 12.2. The van der Waals surface area contributed by atoms with Gasteiger partial charge >= 0.3 is 0 Å². The summed E-state index contributed by atoms with van der Waals surface area (Å²) in [5.41, 5.74) is 2.24. The number of pyridine rings is 1. The van der Waals surface area contributed by atoms with Crippen LogP contribution in [0.5, 0.6) is 5.88 Å². The predicted octanol–water partition coefficient (Wildman–Crippen LogP) is 5.74. The first-order valence-corrected chi connectivity index (χ1v) is 10.2. The Labute approximate surface area is 155 Å². The van der Waals surface area contributed by atoms with Gasteiger partial charge in [-0.15, -0.1) is 11.8 Å². The van der Waals surface area contributed by atoms with Gasteiger partial charge in [0.25, 0.3) is 0 Å². The maximum absolute atomic E-state index is 5.87. The van der Waals surface area contributed by atoms with Crippen LogP contribution in [0.3, 0.4) is 0 Å². The number of nitrogens with zero attached hydrogens (tertiary/aromatic N) is 2. The third kappa shape index (κ3) is 5.40. The summed E-state index contributed by atoms with van der Waals surface area (Å²) in [5, 5.41) is 1.21. The summed E-state index contributed by atoms with van der Waals surface area (Å²) in [7, 11) is 2.14. The van der Waals surface area contributed by atoms with Gasteiger partial charge in [-0.05, 0) is 37.8 Å². The van der Waals surface area contributed by atoms with E-state index < -0.39 is 0 Å². The summed E-state index contributed by atoms with van der Waals surface area (Å²) in [6, 6.07) is 10.3. The lowest BCUT2D eigenvalue weighted by atomic mass is 10.1. The second-order valence-corrected chi connectivity index (χ2v) is 7.86. The van der Waals surface area contributed by atoms with Crippen LogP contribution in [-0.4, -0.2) is 29.4 Å². The highest BCUT2D eigenvalue weighted by Crippen LogP contribution is 2.28. The SMILES string of the molecule is Cc1cc(OCCCCCCCC2=CN(C)CS2)nc2ccccc12. The quantitative estimate of drug-likeness (QED) is 0.535. The Morgan fingerprint density at radius 1 is 1.12 bits per heavy atom. The molecule has 134 valence electrons. The standard InChI is InChI=1S/C21H28N2OS/c1-17-14-21(22-20-12-8-7-11-19(17)20)24-13-9-5-3-4-6-10-18-15-23(2)16-25-18/h7-8,11-12,14-15H,3-6,9-10,13,16H2,1-2H3. The van der Waals surface area contributed by atoms with Crippen molar-refractivity contribution in [2.45, 2.75) is 45.4 Å².